The number of quaternary nitrogens is 1. The van der Waals surface area contributed by atoms with Crippen LogP contribution in [0.15, 0.2) is 24.3 Å². The van der Waals surface area contributed by atoms with Gasteiger partial charge in [0.1, 0.15) is 13.1 Å². The van der Waals surface area contributed by atoms with Crippen LogP contribution in [0.3, 0.4) is 0 Å². The molecule has 0 spiro atoms. The summed E-state index contributed by atoms with van der Waals surface area (Å²) in [6.07, 6.45) is 0. The van der Waals surface area contributed by atoms with Crippen molar-refractivity contribution >= 4 is 0 Å². The summed E-state index contributed by atoms with van der Waals surface area (Å²) in [5.74, 6) is 6.89. The number of rotatable bonds is 3. The van der Waals surface area contributed by atoms with Gasteiger partial charge in [-0.05, 0) is 5.92 Å². The molecule has 0 atom stereocenters. The molecule has 0 heterocycles. The fourth-order valence-corrected chi connectivity index (χ4v) is 1.61. The molecule has 1 rings (SSSR count). The maximum Gasteiger partial charge on any atom is 0.140 e. The van der Waals surface area contributed by atoms with Gasteiger partial charge in [0, 0.05) is 11.5 Å². The molecule has 0 aliphatic heterocycles. The Morgan fingerprint density at radius 3 is 2.29 bits per heavy atom. The molecule has 0 saturated carbocycles. The average molecular weight is 231 g/mol. The Kier molecular flexibility index (Phi) is 4.60. The zero-order chi connectivity index (χ0) is 12.9. The minimum atomic E-state index is 0.0682. The van der Waals surface area contributed by atoms with Crippen LogP contribution in [0.25, 0.3) is 0 Å². The van der Waals surface area contributed by atoms with E-state index in [1.807, 2.05) is 12.1 Å². The van der Waals surface area contributed by atoms with Gasteiger partial charge in [0.15, 0.2) is 0 Å². The molecular weight excluding hydrogens is 210 g/mol. The van der Waals surface area contributed by atoms with Gasteiger partial charge in [-0.3, -0.25) is 0 Å². The zero-order valence-corrected chi connectivity index (χ0v) is 11.2. The Balaban J connectivity index is 2.60. The molecule has 1 aromatic rings. The minimum absolute atomic E-state index is 0.0682. The molecule has 0 saturated heterocycles. The molecule has 0 unspecified atom stereocenters. The molecule has 0 N–H and O–H groups in total. The molecule has 0 aromatic heterocycles. The predicted octanol–water partition coefficient (Wildman–Crippen LogP) is 2.00. The van der Waals surface area contributed by atoms with Crippen molar-refractivity contribution in [3.63, 3.8) is 0 Å². The number of nitrogens with zero attached hydrogens (tertiary/aromatic N) is 1. The molecule has 92 valence electrons. The molecular formula is C15H21NO. The molecule has 2 nitrogen and oxygen atoms in total. The van der Waals surface area contributed by atoms with Gasteiger partial charge in [0.2, 0.25) is 0 Å². The maximum absolute atomic E-state index is 11.0. The third-order valence-electron chi connectivity index (χ3n) is 2.43. The van der Waals surface area contributed by atoms with Crippen molar-refractivity contribution in [3.05, 3.63) is 29.8 Å². The van der Waals surface area contributed by atoms with Gasteiger partial charge in [0.25, 0.3) is 0 Å². The van der Waals surface area contributed by atoms with Gasteiger partial charge in [-0.15, -0.1) is 5.75 Å². The monoisotopic (exact) mass is 231 g/mol. The first-order chi connectivity index (χ1) is 7.89. The Labute approximate surface area is 104 Å². The van der Waals surface area contributed by atoms with E-state index in [-0.39, 0.29) is 5.75 Å². The van der Waals surface area contributed by atoms with Crippen molar-refractivity contribution < 1.29 is 9.59 Å². The molecule has 0 fully saturated rings. The van der Waals surface area contributed by atoms with Crippen LogP contribution in [-0.4, -0.2) is 25.1 Å². The summed E-state index contributed by atoms with van der Waals surface area (Å²) in [5.41, 5.74) is 1.18. The lowest BCUT2D eigenvalue weighted by Gasteiger charge is -2.27. The Hall–Kier alpha value is -1.46. The van der Waals surface area contributed by atoms with Crippen molar-refractivity contribution in [1.29, 1.82) is 0 Å². The van der Waals surface area contributed by atoms with Gasteiger partial charge in [-0.25, -0.2) is 0 Å². The van der Waals surface area contributed by atoms with E-state index in [0.29, 0.717) is 5.92 Å². The van der Waals surface area contributed by atoms with Crippen LogP contribution in [-0.2, 0) is 6.54 Å². The average Bonchev–Trinajstić information content (AvgIpc) is 2.20. The van der Waals surface area contributed by atoms with Gasteiger partial charge in [-0.2, -0.15) is 0 Å². The van der Waals surface area contributed by atoms with E-state index in [2.05, 4.69) is 39.8 Å². The van der Waals surface area contributed by atoms with Crippen LogP contribution in [0.1, 0.15) is 19.4 Å². The summed E-state index contributed by atoms with van der Waals surface area (Å²) >= 11 is 0. The quantitative estimate of drug-likeness (QED) is 0.576. The molecule has 0 amide bonds. The highest BCUT2D eigenvalue weighted by Gasteiger charge is 2.13. The molecule has 0 bridgehead atoms. The van der Waals surface area contributed by atoms with Crippen LogP contribution in [0.2, 0.25) is 0 Å². The number of benzene rings is 1. The fraction of sp³-hybridized carbons (Fsp3) is 0.467. The topological polar surface area (TPSA) is 23.1 Å². The highest BCUT2D eigenvalue weighted by Crippen LogP contribution is 2.11. The summed E-state index contributed by atoms with van der Waals surface area (Å²) in [6.45, 7) is 5.92. The first-order valence-corrected chi connectivity index (χ1v) is 5.95. The summed E-state index contributed by atoms with van der Waals surface area (Å²) in [6, 6.07) is 7.04. The number of hydrogen-bond donors (Lipinski definition) is 0. The van der Waals surface area contributed by atoms with E-state index in [4.69, 9.17) is 0 Å². The standard InChI is InChI=1S/C15H21NO/c1-13(2)6-5-11-16(3,4)12-14-7-9-15(17)10-8-14/h7-10,13H,11-12H2,1-4H3. The van der Waals surface area contributed by atoms with Crippen molar-refractivity contribution in [3.8, 4) is 17.6 Å². The van der Waals surface area contributed by atoms with E-state index in [1.165, 1.54) is 5.56 Å². The third kappa shape index (κ3) is 5.42. The lowest BCUT2D eigenvalue weighted by molar-refractivity contribution is -0.896. The first-order valence-electron chi connectivity index (χ1n) is 5.95. The predicted molar refractivity (Wildman–Crippen MR) is 69.2 cm³/mol. The smallest absolute Gasteiger partial charge is 0.140 e. The van der Waals surface area contributed by atoms with Crippen LogP contribution in [0.4, 0.5) is 0 Å². The summed E-state index contributed by atoms with van der Waals surface area (Å²) in [7, 11) is 4.31. The van der Waals surface area contributed by atoms with Gasteiger partial charge in [0.05, 0.1) is 14.1 Å². The second-order valence-corrected chi connectivity index (χ2v) is 5.37. The maximum atomic E-state index is 11.0. The second kappa shape index (κ2) is 5.75. The van der Waals surface area contributed by atoms with Gasteiger partial charge < -0.3 is 9.59 Å². The molecule has 1 aromatic carbocycles. The molecule has 0 radical (unpaired) electrons. The lowest BCUT2D eigenvalue weighted by atomic mass is 10.2. The minimum Gasteiger partial charge on any atom is -0.872 e. The summed E-state index contributed by atoms with van der Waals surface area (Å²) in [5, 5.41) is 11.0. The van der Waals surface area contributed by atoms with Gasteiger partial charge in [-0.1, -0.05) is 44.0 Å². The Bertz CT molecular complexity index is 407. The lowest BCUT2D eigenvalue weighted by Crippen LogP contribution is -2.38. The molecule has 17 heavy (non-hydrogen) atoms. The third-order valence-corrected chi connectivity index (χ3v) is 2.43. The normalized spacial score (nSPS) is 11.1. The fourth-order valence-electron chi connectivity index (χ4n) is 1.61. The van der Waals surface area contributed by atoms with Crippen molar-refractivity contribution in [2.45, 2.75) is 20.4 Å². The number of hydrogen-bond acceptors (Lipinski definition) is 1. The van der Waals surface area contributed by atoms with Gasteiger partial charge >= 0.3 is 0 Å². The largest absolute Gasteiger partial charge is 0.872 e. The van der Waals surface area contributed by atoms with E-state index in [1.54, 1.807) is 12.1 Å². The second-order valence-electron chi connectivity index (χ2n) is 5.37. The summed E-state index contributed by atoms with van der Waals surface area (Å²) in [4.78, 5) is 0. The highest BCUT2D eigenvalue weighted by atomic mass is 16.3. The SMILES string of the molecule is CC(C)C#CC[N+](C)(C)Cc1ccc([O-])cc1. The van der Waals surface area contributed by atoms with Crippen LogP contribution in [0, 0.1) is 17.8 Å². The van der Waals surface area contributed by atoms with Crippen molar-refractivity contribution in [2.75, 3.05) is 20.6 Å². The molecule has 0 aliphatic rings. The Morgan fingerprint density at radius 2 is 1.76 bits per heavy atom. The first kappa shape index (κ1) is 13.6. The Morgan fingerprint density at radius 1 is 1.18 bits per heavy atom. The van der Waals surface area contributed by atoms with E-state index in [0.717, 1.165) is 17.6 Å². The van der Waals surface area contributed by atoms with E-state index >= 15 is 0 Å². The van der Waals surface area contributed by atoms with Crippen LogP contribution in [0.5, 0.6) is 5.75 Å². The highest BCUT2D eigenvalue weighted by molar-refractivity contribution is 5.24. The molecule has 0 aliphatic carbocycles. The van der Waals surface area contributed by atoms with E-state index in [9.17, 15) is 5.11 Å². The van der Waals surface area contributed by atoms with Crippen molar-refractivity contribution in [2.24, 2.45) is 5.92 Å². The zero-order valence-electron chi connectivity index (χ0n) is 11.2. The van der Waals surface area contributed by atoms with Crippen LogP contribution >= 0.6 is 0 Å². The summed E-state index contributed by atoms with van der Waals surface area (Å²) < 4.78 is 0.817. The van der Waals surface area contributed by atoms with Crippen LogP contribution < -0.4 is 5.11 Å². The molecule has 2 heteroatoms. The van der Waals surface area contributed by atoms with Crippen molar-refractivity contribution in [1.82, 2.24) is 0 Å². The van der Waals surface area contributed by atoms with E-state index < -0.39 is 0 Å².